The molecular weight excluding hydrogens is 302 g/mol. The number of hydrogen-bond donors (Lipinski definition) is 2. The normalized spacial score (nSPS) is 11.3. The van der Waals surface area contributed by atoms with Gasteiger partial charge in [-0.1, -0.05) is 24.3 Å². The van der Waals surface area contributed by atoms with Gasteiger partial charge in [-0.05, 0) is 54.8 Å². The highest BCUT2D eigenvalue weighted by Gasteiger charge is 2.08. The summed E-state index contributed by atoms with van der Waals surface area (Å²) in [5.74, 6) is 0.749. The first kappa shape index (κ1) is 15.9. The molecule has 0 aliphatic carbocycles. The summed E-state index contributed by atoms with van der Waals surface area (Å²) in [6.07, 6.45) is 3.75. The third-order valence-electron chi connectivity index (χ3n) is 4.02. The van der Waals surface area contributed by atoms with Crippen molar-refractivity contribution in [2.45, 2.75) is 13.8 Å². The highest BCUT2D eigenvalue weighted by Crippen LogP contribution is 2.30. The second kappa shape index (κ2) is 6.24. The van der Waals surface area contributed by atoms with Gasteiger partial charge in [-0.15, -0.1) is 0 Å². The van der Waals surface area contributed by atoms with Crippen LogP contribution in [0, 0.1) is 13.8 Å². The molecule has 0 amide bonds. The third-order valence-corrected chi connectivity index (χ3v) is 4.02. The summed E-state index contributed by atoms with van der Waals surface area (Å²) >= 11 is 0. The minimum absolute atomic E-state index is 0.106. The van der Waals surface area contributed by atoms with E-state index in [-0.39, 0.29) is 11.5 Å². The Bertz CT molecular complexity index is 945. The summed E-state index contributed by atoms with van der Waals surface area (Å²) in [6, 6.07) is 11.0. The number of benzene rings is 2. The highest BCUT2D eigenvalue weighted by molar-refractivity contribution is 5.89. The Morgan fingerprint density at radius 2 is 1.75 bits per heavy atom. The van der Waals surface area contributed by atoms with Crippen LogP contribution in [0.4, 0.5) is 0 Å². The quantitative estimate of drug-likeness (QED) is 0.748. The molecule has 4 nitrogen and oxygen atoms in total. The SMILES string of the molecule is COc1cc(C=Cc2ccc3c(C)cc(C)c(O)c3n2)ccc1O. The molecule has 122 valence electrons. The number of fused-ring (bicyclic) bond motifs is 1. The molecule has 3 aromatic rings. The van der Waals surface area contributed by atoms with Gasteiger partial charge in [-0.3, -0.25) is 0 Å². The van der Waals surface area contributed by atoms with Crippen molar-refractivity contribution in [3.05, 3.63) is 58.8 Å². The highest BCUT2D eigenvalue weighted by atomic mass is 16.5. The van der Waals surface area contributed by atoms with E-state index < -0.39 is 0 Å². The zero-order valence-corrected chi connectivity index (χ0v) is 13.9. The number of pyridine rings is 1. The Hall–Kier alpha value is -3.01. The standard InChI is InChI=1S/C20H19NO3/c1-12-10-13(2)20(23)19-16(12)8-7-15(21-19)6-4-14-5-9-17(22)18(11-14)24-3/h4-11,22-23H,1-3H3. The first-order chi connectivity index (χ1) is 11.5. The van der Waals surface area contributed by atoms with Crippen LogP contribution in [0.1, 0.15) is 22.4 Å². The van der Waals surface area contributed by atoms with Gasteiger partial charge in [0.05, 0.1) is 12.8 Å². The molecule has 0 bridgehead atoms. The molecule has 0 aliphatic heterocycles. The van der Waals surface area contributed by atoms with Crippen molar-refractivity contribution >= 4 is 23.1 Å². The molecular formula is C20H19NO3. The fourth-order valence-corrected chi connectivity index (χ4v) is 2.70. The number of methoxy groups -OCH3 is 1. The Morgan fingerprint density at radius 1 is 0.958 bits per heavy atom. The average Bonchev–Trinajstić information content (AvgIpc) is 2.59. The number of aromatic nitrogens is 1. The molecule has 0 atom stereocenters. The van der Waals surface area contributed by atoms with Crippen molar-refractivity contribution in [3.8, 4) is 17.2 Å². The lowest BCUT2D eigenvalue weighted by molar-refractivity contribution is 0.373. The number of ether oxygens (including phenoxy) is 1. The van der Waals surface area contributed by atoms with Crippen LogP contribution in [-0.2, 0) is 0 Å². The van der Waals surface area contributed by atoms with Gasteiger partial charge in [0.25, 0.3) is 0 Å². The molecule has 0 saturated heterocycles. The second-order valence-electron chi connectivity index (χ2n) is 5.76. The van der Waals surface area contributed by atoms with Crippen molar-refractivity contribution < 1.29 is 14.9 Å². The topological polar surface area (TPSA) is 62.6 Å². The van der Waals surface area contributed by atoms with Gasteiger partial charge in [0.1, 0.15) is 11.3 Å². The molecule has 3 rings (SSSR count). The predicted molar refractivity (Wildman–Crippen MR) is 96.5 cm³/mol. The van der Waals surface area contributed by atoms with Crippen LogP contribution in [0.15, 0.2) is 36.4 Å². The molecule has 2 N–H and O–H groups in total. The Balaban J connectivity index is 2.00. The summed E-state index contributed by atoms with van der Waals surface area (Å²) in [5, 5.41) is 20.8. The van der Waals surface area contributed by atoms with Crippen molar-refractivity contribution in [3.63, 3.8) is 0 Å². The van der Waals surface area contributed by atoms with Crippen molar-refractivity contribution in [2.75, 3.05) is 7.11 Å². The van der Waals surface area contributed by atoms with E-state index in [0.717, 1.165) is 27.8 Å². The second-order valence-corrected chi connectivity index (χ2v) is 5.76. The summed E-state index contributed by atoms with van der Waals surface area (Å²) < 4.78 is 5.10. The minimum atomic E-state index is 0.106. The lowest BCUT2D eigenvalue weighted by Crippen LogP contribution is -1.89. The molecule has 0 saturated carbocycles. The van der Waals surface area contributed by atoms with Crippen LogP contribution < -0.4 is 4.74 Å². The van der Waals surface area contributed by atoms with Crippen molar-refractivity contribution in [1.29, 1.82) is 0 Å². The van der Waals surface area contributed by atoms with Crippen LogP contribution in [0.25, 0.3) is 23.1 Å². The molecule has 2 aromatic carbocycles. The van der Waals surface area contributed by atoms with E-state index in [9.17, 15) is 10.2 Å². The molecule has 1 heterocycles. The summed E-state index contributed by atoms with van der Waals surface area (Å²) in [7, 11) is 1.51. The Morgan fingerprint density at radius 3 is 2.50 bits per heavy atom. The predicted octanol–water partition coefficient (Wildman–Crippen LogP) is 4.44. The van der Waals surface area contributed by atoms with E-state index in [1.54, 1.807) is 18.2 Å². The van der Waals surface area contributed by atoms with Crippen LogP contribution in [0.3, 0.4) is 0 Å². The number of hydrogen-bond acceptors (Lipinski definition) is 4. The summed E-state index contributed by atoms with van der Waals surface area (Å²) in [5.41, 5.74) is 4.15. The third kappa shape index (κ3) is 2.91. The van der Waals surface area contributed by atoms with Crippen LogP contribution in [0.5, 0.6) is 17.2 Å². The lowest BCUT2D eigenvalue weighted by atomic mass is 10.0. The molecule has 0 aliphatic rings. The minimum Gasteiger partial charge on any atom is -0.505 e. The van der Waals surface area contributed by atoms with Crippen LogP contribution in [0.2, 0.25) is 0 Å². The summed E-state index contributed by atoms with van der Waals surface area (Å²) in [4.78, 5) is 4.55. The van der Waals surface area contributed by atoms with Gasteiger partial charge < -0.3 is 14.9 Å². The fraction of sp³-hybridized carbons (Fsp3) is 0.150. The Labute approximate surface area is 140 Å². The van der Waals surface area contributed by atoms with E-state index in [1.165, 1.54) is 7.11 Å². The van der Waals surface area contributed by atoms with Crippen LogP contribution >= 0.6 is 0 Å². The zero-order chi connectivity index (χ0) is 17.3. The molecule has 24 heavy (non-hydrogen) atoms. The van der Waals surface area contributed by atoms with Crippen LogP contribution in [-0.4, -0.2) is 22.3 Å². The van der Waals surface area contributed by atoms with Gasteiger partial charge >= 0.3 is 0 Å². The van der Waals surface area contributed by atoms with Crippen molar-refractivity contribution in [2.24, 2.45) is 0 Å². The average molecular weight is 321 g/mol. The monoisotopic (exact) mass is 321 g/mol. The van der Waals surface area contributed by atoms with E-state index in [0.29, 0.717) is 11.3 Å². The lowest BCUT2D eigenvalue weighted by Gasteiger charge is -2.08. The van der Waals surface area contributed by atoms with Gasteiger partial charge in [-0.2, -0.15) is 0 Å². The van der Waals surface area contributed by atoms with E-state index in [2.05, 4.69) is 4.98 Å². The van der Waals surface area contributed by atoms with Gasteiger partial charge in [0, 0.05) is 5.39 Å². The summed E-state index contributed by atoms with van der Waals surface area (Å²) in [6.45, 7) is 3.88. The number of phenols is 2. The van der Waals surface area contributed by atoms with E-state index in [4.69, 9.17) is 4.74 Å². The number of aromatic hydroxyl groups is 2. The molecule has 1 aromatic heterocycles. The first-order valence-corrected chi connectivity index (χ1v) is 7.64. The van der Waals surface area contributed by atoms with E-state index in [1.807, 2.05) is 44.2 Å². The maximum atomic E-state index is 10.3. The number of aryl methyl sites for hydroxylation is 2. The van der Waals surface area contributed by atoms with Crippen molar-refractivity contribution in [1.82, 2.24) is 4.98 Å². The fourth-order valence-electron chi connectivity index (χ4n) is 2.70. The number of nitrogens with zero attached hydrogens (tertiary/aromatic N) is 1. The largest absolute Gasteiger partial charge is 0.505 e. The number of phenolic OH excluding ortho intramolecular Hbond substituents is 2. The van der Waals surface area contributed by atoms with Gasteiger partial charge in [0.15, 0.2) is 11.5 Å². The molecule has 0 unspecified atom stereocenters. The molecule has 0 radical (unpaired) electrons. The zero-order valence-electron chi connectivity index (χ0n) is 13.9. The molecule has 4 heteroatoms. The van der Waals surface area contributed by atoms with E-state index >= 15 is 0 Å². The molecule has 0 fully saturated rings. The van der Waals surface area contributed by atoms with Gasteiger partial charge in [0.2, 0.25) is 0 Å². The maximum absolute atomic E-state index is 10.3. The Kier molecular flexibility index (Phi) is 4.13. The van der Waals surface area contributed by atoms with Gasteiger partial charge in [-0.25, -0.2) is 4.98 Å². The maximum Gasteiger partial charge on any atom is 0.161 e. The number of rotatable bonds is 3. The smallest absolute Gasteiger partial charge is 0.161 e. The molecule has 0 spiro atoms. The first-order valence-electron chi connectivity index (χ1n) is 7.64.